The molecule has 0 unspecified atom stereocenters. The maximum Gasteiger partial charge on any atom is 0.273 e. The van der Waals surface area contributed by atoms with E-state index in [0.29, 0.717) is 18.5 Å². The first-order chi connectivity index (χ1) is 15.3. The molecular weight excluding hydrogens is 420 g/mol. The van der Waals surface area contributed by atoms with Gasteiger partial charge in [-0.15, -0.1) is 0 Å². The number of nitrogens with one attached hydrogen (secondary N) is 2. The molecule has 0 aliphatic carbocycles. The first kappa shape index (κ1) is 21.6. The van der Waals surface area contributed by atoms with E-state index >= 15 is 0 Å². The van der Waals surface area contributed by atoms with Crippen LogP contribution in [0.5, 0.6) is 0 Å². The van der Waals surface area contributed by atoms with E-state index in [1.165, 1.54) is 6.07 Å². The molecule has 2 aromatic rings. The minimum absolute atomic E-state index is 0.0429. The highest BCUT2D eigenvalue weighted by molar-refractivity contribution is 5.98. The molecule has 1 aromatic carbocycles. The number of hydrogen-bond acceptors (Lipinski definition) is 5. The van der Waals surface area contributed by atoms with Gasteiger partial charge in [-0.05, 0) is 25.0 Å². The lowest BCUT2D eigenvalue weighted by Crippen LogP contribution is -2.49. The van der Waals surface area contributed by atoms with Crippen LogP contribution >= 0.6 is 0 Å². The van der Waals surface area contributed by atoms with Crippen molar-refractivity contribution in [2.75, 3.05) is 13.1 Å². The predicted octanol–water partition coefficient (Wildman–Crippen LogP) is 1.62. The van der Waals surface area contributed by atoms with Crippen molar-refractivity contribution >= 4 is 28.6 Å². The van der Waals surface area contributed by atoms with Crippen molar-refractivity contribution in [1.29, 1.82) is 5.26 Å². The van der Waals surface area contributed by atoms with Crippen LogP contribution in [0.3, 0.4) is 0 Å². The monoisotopic (exact) mass is 441 g/mol. The van der Waals surface area contributed by atoms with Gasteiger partial charge in [0.2, 0.25) is 11.8 Å². The number of amides is 3. The Bertz CT molecular complexity index is 1120. The van der Waals surface area contributed by atoms with Crippen LogP contribution in [0.1, 0.15) is 29.8 Å². The summed E-state index contributed by atoms with van der Waals surface area (Å²) in [5.74, 6) is -5.50. The smallest absolute Gasteiger partial charge is 0.273 e. The maximum atomic E-state index is 14.2. The molecule has 8 nitrogen and oxygen atoms in total. The number of carbonyl (C=O) groups excluding carboxylic acids is 3. The van der Waals surface area contributed by atoms with E-state index in [2.05, 4.69) is 15.6 Å². The summed E-state index contributed by atoms with van der Waals surface area (Å²) in [5.41, 5.74) is 0.489. The Hall–Kier alpha value is -3.61. The van der Waals surface area contributed by atoms with Gasteiger partial charge >= 0.3 is 0 Å². The molecule has 3 atom stereocenters. The molecule has 0 spiro atoms. The van der Waals surface area contributed by atoms with Crippen LogP contribution in [0.4, 0.5) is 8.78 Å². The van der Waals surface area contributed by atoms with Crippen LogP contribution in [0.15, 0.2) is 36.4 Å². The zero-order chi connectivity index (χ0) is 22.9. The summed E-state index contributed by atoms with van der Waals surface area (Å²) in [7, 11) is 0. The second-order valence-corrected chi connectivity index (χ2v) is 8.10. The van der Waals surface area contributed by atoms with Gasteiger partial charge in [0.15, 0.2) is 0 Å². The quantitative estimate of drug-likeness (QED) is 0.732. The van der Waals surface area contributed by atoms with Gasteiger partial charge in [-0.25, -0.2) is 13.8 Å². The van der Waals surface area contributed by atoms with Crippen LogP contribution in [0, 0.1) is 17.2 Å². The highest BCUT2D eigenvalue weighted by atomic mass is 19.3. The van der Waals surface area contributed by atoms with Crippen molar-refractivity contribution < 1.29 is 23.2 Å². The summed E-state index contributed by atoms with van der Waals surface area (Å²) in [4.78, 5) is 42.6. The van der Waals surface area contributed by atoms with E-state index in [1.54, 1.807) is 18.2 Å². The molecule has 166 valence electrons. The molecule has 2 fully saturated rings. The highest BCUT2D eigenvalue weighted by Crippen LogP contribution is 2.33. The Morgan fingerprint density at radius 3 is 2.81 bits per heavy atom. The fourth-order valence-electron chi connectivity index (χ4n) is 4.16. The number of nitrogens with zero attached hydrogens (tertiary/aromatic N) is 3. The number of pyridine rings is 1. The Kier molecular flexibility index (Phi) is 5.74. The molecule has 10 heteroatoms. The first-order valence-electron chi connectivity index (χ1n) is 10.3. The van der Waals surface area contributed by atoms with E-state index < -0.39 is 48.7 Å². The molecular formula is C22H21F2N5O3. The number of hydrogen-bond donors (Lipinski definition) is 2. The summed E-state index contributed by atoms with van der Waals surface area (Å²) in [6, 6.07) is 9.60. The summed E-state index contributed by atoms with van der Waals surface area (Å²) < 4.78 is 28.4. The van der Waals surface area contributed by atoms with Gasteiger partial charge in [0, 0.05) is 24.3 Å². The third kappa shape index (κ3) is 4.37. The Morgan fingerprint density at radius 2 is 2.09 bits per heavy atom. The van der Waals surface area contributed by atoms with Gasteiger partial charge in [-0.1, -0.05) is 24.3 Å². The van der Waals surface area contributed by atoms with Gasteiger partial charge in [0.05, 0.1) is 18.1 Å². The lowest BCUT2D eigenvalue weighted by Gasteiger charge is -2.24. The third-order valence-electron chi connectivity index (χ3n) is 5.81. The Labute approximate surface area is 182 Å². The molecule has 2 aliphatic rings. The number of fused-ring (bicyclic) bond motifs is 1. The van der Waals surface area contributed by atoms with Crippen LogP contribution in [-0.4, -0.2) is 58.7 Å². The van der Waals surface area contributed by atoms with Gasteiger partial charge in [-0.3, -0.25) is 14.4 Å². The van der Waals surface area contributed by atoms with Crippen LogP contribution in [0.2, 0.25) is 0 Å². The SMILES string of the molecule is N#C[C@H](C[C@@H]1CCNC1=O)NC(=O)[C@@H]1CC(F)(F)CN1C(=O)c1ccc2ccccc2n1. The molecule has 2 N–H and O–H groups in total. The highest BCUT2D eigenvalue weighted by Gasteiger charge is 2.50. The number of benzene rings is 1. The average molecular weight is 441 g/mol. The van der Waals surface area contributed by atoms with Gasteiger partial charge in [-0.2, -0.15) is 5.26 Å². The second kappa shape index (κ2) is 8.49. The molecule has 0 saturated carbocycles. The molecule has 3 amide bonds. The molecule has 3 heterocycles. The number of carbonyl (C=O) groups is 3. The minimum atomic E-state index is -3.25. The van der Waals surface area contributed by atoms with Crippen LogP contribution in [0.25, 0.3) is 10.9 Å². The predicted molar refractivity (Wildman–Crippen MR) is 109 cm³/mol. The van der Waals surface area contributed by atoms with Crippen LogP contribution < -0.4 is 10.6 Å². The Balaban J connectivity index is 1.51. The lowest BCUT2D eigenvalue weighted by atomic mass is 9.98. The number of aromatic nitrogens is 1. The van der Waals surface area contributed by atoms with E-state index in [1.807, 2.05) is 18.2 Å². The number of alkyl halides is 2. The summed E-state index contributed by atoms with van der Waals surface area (Å²) in [6.45, 7) is -0.424. The molecule has 2 saturated heterocycles. The van der Waals surface area contributed by atoms with E-state index in [9.17, 15) is 28.4 Å². The maximum absolute atomic E-state index is 14.2. The molecule has 32 heavy (non-hydrogen) atoms. The normalized spacial score (nSPS) is 22.9. The molecule has 0 radical (unpaired) electrons. The van der Waals surface area contributed by atoms with E-state index in [4.69, 9.17) is 0 Å². The number of likely N-dealkylation sites (tertiary alicyclic amines) is 1. The van der Waals surface area contributed by atoms with Gasteiger partial charge in [0.25, 0.3) is 11.8 Å². The average Bonchev–Trinajstić information content (AvgIpc) is 3.34. The number of rotatable bonds is 5. The molecule has 4 rings (SSSR count). The molecule has 1 aromatic heterocycles. The van der Waals surface area contributed by atoms with Crippen molar-refractivity contribution in [1.82, 2.24) is 20.5 Å². The number of para-hydroxylation sites is 1. The third-order valence-corrected chi connectivity index (χ3v) is 5.81. The zero-order valence-corrected chi connectivity index (χ0v) is 17.1. The Morgan fingerprint density at radius 1 is 1.31 bits per heavy atom. The summed E-state index contributed by atoms with van der Waals surface area (Å²) in [6.07, 6.45) is -0.232. The topological polar surface area (TPSA) is 115 Å². The standard InChI is InChI=1S/C22H21F2N5O3/c23-22(24)10-18(20(31)27-15(11-25)9-14-7-8-26-19(14)30)29(12-22)21(32)17-6-5-13-3-1-2-4-16(13)28-17/h1-6,14-15,18H,7-10,12H2,(H,26,30)(H,27,31)/t14-,15-,18-/m0/s1. The van der Waals surface area contributed by atoms with E-state index in [0.717, 1.165) is 10.3 Å². The fraction of sp³-hybridized carbons (Fsp3) is 0.409. The zero-order valence-electron chi connectivity index (χ0n) is 17.1. The van der Waals surface area contributed by atoms with Crippen molar-refractivity contribution in [3.05, 3.63) is 42.1 Å². The van der Waals surface area contributed by atoms with Gasteiger partial charge < -0.3 is 15.5 Å². The van der Waals surface area contributed by atoms with Crippen molar-refractivity contribution in [3.8, 4) is 6.07 Å². The number of nitriles is 1. The first-order valence-corrected chi connectivity index (χ1v) is 10.3. The summed E-state index contributed by atoms with van der Waals surface area (Å²) in [5, 5.41) is 15.3. The fourth-order valence-corrected chi connectivity index (χ4v) is 4.16. The van der Waals surface area contributed by atoms with Gasteiger partial charge in [0.1, 0.15) is 17.8 Å². The second-order valence-electron chi connectivity index (χ2n) is 8.10. The summed E-state index contributed by atoms with van der Waals surface area (Å²) >= 11 is 0. The van der Waals surface area contributed by atoms with Crippen molar-refractivity contribution in [2.24, 2.45) is 5.92 Å². The lowest BCUT2D eigenvalue weighted by molar-refractivity contribution is -0.126. The number of halogens is 2. The molecule has 2 aliphatic heterocycles. The largest absolute Gasteiger partial charge is 0.356 e. The van der Waals surface area contributed by atoms with Crippen LogP contribution in [-0.2, 0) is 9.59 Å². The van der Waals surface area contributed by atoms with E-state index in [-0.39, 0.29) is 18.0 Å². The molecule has 0 bridgehead atoms. The van der Waals surface area contributed by atoms with Crippen molar-refractivity contribution in [2.45, 2.75) is 37.3 Å². The minimum Gasteiger partial charge on any atom is -0.356 e. The van der Waals surface area contributed by atoms with Crippen molar-refractivity contribution in [3.63, 3.8) is 0 Å².